The minimum atomic E-state index is -0.546. The van der Waals surface area contributed by atoms with Gasteiger partial charge in [-0.25, -0.2) is 14.2 Å². The number of aromatic nitrogens is 3. The highest BCUT2D eigenvalue weighted by molar-refractivity contribution is 6.13. The van der Waals surface area contributed by atoms with Gasteiger partial charge in [-0.1, -0.05) is 0 Å². The topological polar surface area (TPSA) is 89.4 Å². The molecule has 138 valence electrons. The number of nitrogens with zero attached hydrogens (tertiary/aromatic N) is 4. The van der Waals surface area contributed by atoms with Crippen molar-refractivity contribution in [2.75, 3.05) is 19.0 Å². The molecule has 0 unspecified atom stereocenters. The van der Waals surface area contributed by atoms with E-state index in [1.807, 2.05) is 4.57 Å². The Morgan fingerprint density at radius 2 is 2.15 bits per heavy atom. The van der Waals surface area contributed by atoms with Crippen LogP contribution in [0.4, 0.5) is 14.9 Å². The summed E-state index contributed by atoms with van der Waals surface area (Å²) in [5.74, 6) is -0.962. The van der Waals surface area contributed by atoms with E-state index >= 15 is 0 Å². The van der Waals surface area contributed by atoms with Crippen LogP contribution >= 0.6 is 0 Å². The third kappa shape index (κ3) is 2.97. The third-order valence-corrected chi connectivity index (χ3v) is 4.48. The lowest BCUT2D eigenvalue weighted by atomic mass is 10.1. The van der Waals surface area contributed by atoms with E-state index in [1.165, 1.54) is 24.3 Å². The lowest BCUT2D eigenvalue weighted by molar-refractivity contribution is 0.101. The smallest absolute Gasteiger partial charge is 0.409 e. The van der Waals surface area contributed by atoms with E-state index in [0.29, 0.717) is 35.4 Å². The molecule has 0 saturated heterocycles. The molecule has 8 nitrogen and oxygen atoms in total. The van der Waals surface area contributed by atoms with Crippen LogP contribution in [0.15, 0.2) is 36.8 Å². The number of pyridine rings is 2. The Bertz CT molecular complexity index is 1050. The predicted octanol–water partition coefficient (Wildman–Crippen LogP) is 2.40. The number of methoxy groups -OCH3 is 1. The predicted molar refractivity (Wildman–Crippen MR) is 94.7 cm³/mol. The molecule has 9 heteroatoms. The van der Waals surface area contributed by atoms with E-state index in [2.05, 4.69) is 15.3 Å². The van der Waals surface area contributed by atoms with Gasteiger partial charge in [0.1, 0.15) is 11.5 Å². The van der Waals surface area contributed by atoms with E-state index < -0.39 is 17.8 Å². The molecule has 3 aromatic rings. The van der Waals surface area contributed by atoms with Gasteiger partial charge in [0, 0.05) is 30.7 Å². The number of fused-ring (bicyclic) bond motifs is 3. The Morgan fingerprint density at radius 1 is 1.30 bits per heavy atom. The second-order valence-corrected chi connectivity index (χ2v) is 6.09. The summed E-state index contributed by atoms with van der Waals surface area (Å²) >= 11 is 0. The van der Waals surface area contributed by atoms with Crippen LogP contribution in [-0.2, 0) is 17.8 Å². The molecule has 0 fully saturated rings. The number of amides is 2. The minimum Gasteiger partial charge on any atom is -0.453 e. The Hall–Kier alpha value is -3.49. The number of halogens is 1. The highest BCUT2D eigenvalue weighted by atomic mass is 19.1. The summed E-state index contributed by atoms with van der Waals surface area (Å²) < 4.78 is 20.1. The first kappa shape index (κ1) is 17.0. The van der Waals surface area contributed by atoms with Crippen molar-refractivity contribution in [1.29, 1.82) is 0 Å². The number of carbonyl (C=O) groups excluding carboxylic acids is 2. The van der Waals surface area contributed by atoms with E-state index in [4.69, 9.17) is 4.74 Å². The third-order valence-electron chi connectivity index (χ3n) is 4.48. The van der Waals surface area contributed by atoms with Crippen LogP contribution in [0.1, 0.15) is 16.1 Å². The van der Waals surface area contributed by atoms with Crippen LogP contribution in [0.2, 0.25) is 0 Å². The standard InChI is InChI=1S/C18H16FN5O3/c1-27-18(26)23-5-6-24-14(10-23)15(13-3-2-4-21-16(13)24)17(25)22-12-7-11(19)8-20-9-12/h2-4,7-9H,5-6,10H2,1H3,(H,22,25). The first-order valence-electron chi connectivity index (χ1n) is 8.29. The molecule has 0 bridgehead atoms. The maximum absolute atomic E-state index is 13.4. The first-order chi connectivity index (χ1) is 13.1. The van der Waals surface area contributed by atoms with E-state index in [1.54, 1.807) is 18.3 Å². The normalized spacial score (nSPS) is 13.3. The fraction of sp³-hybridized carbons (Fsp3) is 0.222. The van der Waals surface area contributed by atoms with Crippen molar-refractivity contribution in [3.63, 3.8) is 0 Å². The van der Waals surface area contributed by atoms with Crippen molar-refractivity contribution >= 4 is 28.7 Å². The van der Waals surface area contributed by atoms with Crippen LogP contribution in [0.25, 0.3) is 11.0 Å². The molecule has 0 radical (unpaired) electrons. The van der Waals surface area contributed by atoms with Crippen molar-refractivity contribution in [1.82, 2.24) is 19.4 Å². The minimum absolute atomic E-state index is 0.215. The molecule has 27 heavy (non-hydrogen) atoms. The number of rotatable bonds is 2. The van der Waals surface area contributed by atoms with Crippen LogP contribution in [0.3, 0.4) is 0 Å². The Kier molecular flexibility index (Phi) is 4.19. The fourth-order valence-electron chi connectivity index (χ4n) is 3.32. The van der Waals surface area contributed by atoms with Gasteiger partial charge < -0.3 is 19.5 Å². The van der Waals surface area contributed by atoms with Gasteiger partial charge in [0.15, 0.2) is 0 Å². The first-order valence-corrected chi connectivity index (χ1v) is 8.29. The van der Waals surface area contributed by atoms with Gasteiger partial charge in [0.05, 0.1) is 43.0 Å². The summed E-state index contributed by atoms with van der Waals surface area (Å²) in [6.07, 6.45) is 3.62. The molecule has 4 heterocycles. The largest absolute Gasteiger partial charge is 0.453 e. The summed E-state index contributed by atoms with van der Waals surface area (Å²) in [5, 5.41) is 3.34. The Morgan fingerprint density at radius 3 is 2.93 bits per heavy atom. The molecule has 0 saturated carbocycles. The summed E-state index contributed by atoms with van der Waals surface area (Å²) in [7, 11) is 1.32. The Labute approximate surface area is 153 Å². The van der Waals surface area contributed by atoms with Gasteiger partial charge >= 0.3 is 6.09 Å². The van der Waals surface area contributed by atoms with Gasteiger partial charge in [-0.05, 0) is 12.1 Å². The monoisotopic (exact) mass is 369 g/mol. The molecule has 0 aromatic carbocycles. The number of nitrogens with one attached hydrogen (secondary N) is 1. The highest BCUT2D eigenvalue weighted by Gasteiger charge is 2.30. The van der Waals surface area contributed by atoms with Gasteiger partial charge in [-0.3, -0.25) is 9.78 Å². The van der Waals surface area contributed by atoms with Crippen molar-refractivity contribution in [3.8, 4) is 0 Å². The quantitative estimate of drug-likeness (QED) is 0.749. The van der Waals surface area contributed by atoms with Gasteiger partial charge in [-0.15, -0.1) is 0 Å². The van der Waals surface area contributed by atoms with Crippen molar-refractivity contribution < 1.29 is 18.7 Å². The van der Waals surface area contributed by atoms with E-state index in [-0.39, 0.29) is 12.2 Å². The van der Waals surface area contributed by atoms with Crippen LogP contribution < -0.4 is 5.32 Å². The zero-order chi connectivity index (χ0) is 19.0. The molecule has 4 rings (SSSR count). The number of hydrogen-bond donors (Lipinski definition) is 1. The molecule has 0 aliphatic carbocycles. The van der Waals surface area contributed by atoms with E-state index in [0.717, 1.165) is 6.20 Å². The molecular weight excluding hydrogens is 353 g/mol. The molecular formula is C18H16FN5O3. The molecule has 1 aliphatic rings. The Balaban J connectivity index is 1.78. The lowest BCUT2D eigenvalue weighted by Gasteiger charge is -2.28. The second kappa shape index (κ2) is 6.67. The number of hydrogen-bond acceptors (Lipinski definition) is 5. The van der Waals surface area contributed by atoms with Gasteiger partial charge in [-0.2, -0.15) is 0 Å². The van der Waals surface area contributed by atoms with Crippen molar-refractivity contribution in [2.45, 2.75) is 13.1 Å². The molecule has 2 amide bonds. The fourth-order valence-corrected chi connectivity index (χ4v) is 3.32. The van der Waals surface area contributed by atoms with Crippen molar-refractivity contribution in [2.24, 2.45) is 0 Å². The zero-order valence-electron chi connectivity index (χ0n) is 14.5. The number of anilines is 1. The summed E-state index contributed by atoms with van der Waals surface area (Å²) in [6.45, 7) is 1.16. The summed E-state index contributed by atoms with van der Waals surface area (Å²) in [6, 6.07) is 4.73. The highest BCUT2D eigenvalue weighted by Crippen LogP contribution is 2.29. The summed E-state index contributed by atoms with van der Waals surface area (Å²) in [5.41, 5.74) is 1.97. The zero-order valence-corrected chi connectivity index (χ0v) is 14.5. The molecule has 1 aliphatic heterocycles. The molecule has 0 atom stereocenters. The average molecular weight is 369 g/mol. The second-order valence-electron chi connectivity index (χ2n) is 6.09. The van der Waals surface area contributed by atoms with Crippen LogP contribution in [0, 0.1) is 5.82 Å². The SMILES string of the molecule is COC(=O)N1CCn2c(c(C(=O)Nc3cncc(F)c3)c3cccnc32)C1. The number of ether oxygens (including phenoxy) is 1. The van der Waals surface area contributed by atoms with Crippen molar-refractivity contribution in [3.05, 3.63) is 53.9 Å². The van der Waals surface area contributed by atoms with Gasteiger partial charge in [0.2, 0.25) is 0 Å². The summed E-state index contributed by atoms with van der Waals surface area (Å²) in [4.78, 5) is 34.6. The van der Waals surface area contributed by atoms with Crippen LogP contribution in [0.5, 0.6) is 0 Å². The number of carbonyl (C=O) groups is 2. The van der Waals surface area contributed by atoms with Crippen LogP contribution in [-0.4, -0.2) is 45.1 Å². The molecule has 0 spiro atoms. The maximum atomic E-state index is 13.4. The van der Waals surface area contributed by atoms with Gasteiger partial charge in [0.25, 0.3) is 5.91 Å². The maximum Gasteiger partial charge on any atom is 0.409 e. The van der Waals surface area contributed by atoms with E-state index in [9.17, 15) is 14.0 Å². The molecule has 3 aromatic heterocycles. The average Bonchev–Trinajstić information content (AvgIpc) is 3.01. The molecule has 1 N–H and O–H groups in total. The lowest BCUT2D eigenvalue weighted by Crippen LogP contribution is -2.38.